The van der Waals surface area contributed by atoms with Crippen LogP contribution in [0.3, 0.4) is 0 Å². The maximum atomic E-state index is 6.08. The van der Waals surface area contributed by atoms with Gasteiger partial charge in [0.2, 0.25) is 0 Å². The van der Waals surface area contributed by atoms with Gasteiger partial charge in [-0.2, -0.15) is 0 Å². The van der Waals surface area contributed by atoms with Crippen molar-refractivity contribution < 1.29 is 9.26 Å². The Balaban J connectivity index is 1.79. The largest absolute Gasteiger partial charge is 0.377 e. The standard InChI is InChI=1S/C13H14N2O2/c14-13(8-16-9-13)7-11-6-12(17-15-11)10-4-2-1-3-5-10/h1-6H,7-9,14H2. The van der Waals surface area contributed by atoms with Crippen molar-refractivity contribution in [3.05, 3.63) is 42.1 Å². The van der Waals surface area contributed by atoms with Gasteiger partial charge in [-0.05, 0) is 0 Å². The molecule has 0 amide bonds. The predicted molar refractivity (Wildman–Crippen MR) is 63.4 cm³/mol. The summed E-state index contributed by atoms with van der Waals surface area (Å²) in [6, 6.07) is 11.9. The van der Waals surface area contributed by atoms with Crippen LogP contribution >= 0.6 is 0 Å². The molecule has 1 aromatic carbocycles. The zero-order chi connectivity index (χ0) is 11.7. The summed E-state index contributed by atoms with van der Waals surface area (Å²) in [5.74, 6) is 0.782. The quantitative estimate of drug-likeness (QED) is 0.870. The second-order valence-corrected chi connectivity index (χ2v) is 4.58. The Morgan fingerprint density at radius 3 is 2.65 bits per heavy atom. The van der Waals surface area contributed by atoms with Crippen molar-refractivity contribution in [3.63, 3.8) is 0 Å². The zero-order valence-electron chi connectivity index (χ0n) is 9.43. The summed E-state index contributed by atoms with van der Waals surface area (Å²) in [7, 11) is 0. The molecule has 1 aliphatic rings. The second kappa shape index (κ2) is 3.98. The van der Waals surface area contributed by atoms with Gasteiger partial charge in [-0.1, -0.05) is 35.5 Å². The van der Waals surface area contributed by atoms with Gasteiger partial charge in [0.25, 0.3) is 0 Å². The fourth-order valence-corrected chi connectivity index (χ4v) is 1.96. The van der Waals surface area contributed by atoms with Gasteiger partial charge in [-0.15, -0.1) is 0 Å². The van der Waals surface area contributed by atoms with Gasteiger partial charge in [0.15, 0.2) is 5.76 Å². The Hall–Kier alpha value is -1.65. The van der Waals surface area contributed by atoms with Crippen molar-refractivity contribution in [3.8, 4) is 11.3 Å². The van der Waals surface area contributed by atoms with Crippen LogP contribution in [-0.4, -0.2) is 23.9 Å². The minimum absolute atomic E-state index is 0.259. The maximum absolute atomic E-state index is 6.08. The Bertz CT molecular complexity index is 503. The van der Waals surface area contributed by atoms with Crippen LogP contribution in [0.15, 0.2) is 40.9 Å². The first kappa shape index (κ1) is 10.5. The lowest BCUT2D eigenvalue weighted by molar-refractivity contribution is -0.0535. The zero-order valence-corrected chi connectivity index (χ0v) is 9.43. The van der Waals surface area contributed by atoms with Gasteiger partial charge >= 0.3 is 0 Å². The molecule has 1 saturated heterocycles. The van der Waals surface area contributed by atoms with Crippen molar-refractivity contribution in [1.29, 1.82) is 0 Å². The van der Waals surface area contributed by atoms with E-state index in [-0.39, 0.29) is 5.54 Å². The molecule has 0 unspecified atom stereocenters. The van der Waals surface area contributed by atoms with E-state index in [0.717, 1.165) is 17.0 Å². The lowest BCUT2D eigenvalue weighted by atomic mass is 9.93. The minimum Gasteiger partial charge on any atom is -0.377 e. The molecule has 3 rings (SSSR count). The number of nitrogens with two attached hydrogens (primary N) is 1. The first-order chi connectivity index (χ1) is 8.25. The molecule has 0 aliphatic carbocycles. The Kier molecular flexibility index (Phi) is 2.46. The molecule has 0 atom stereocenters. The molecule has 1 aliphatic heterocycles. The minimum atomic E-state index is -0.259. The third kappa shape index (κ3) is 2.09. The molecule has 4 heteroatoms. The molecule has 0 radical (unpaired) electrons. The number of aromatic nitrogens is 1. The summed E-state index contributed by atoms with van der Waals surface area (Å²) in [5, 5.41) is 4.05. The Morgan fingerprint density at radius 1 is 1.24 bits per heavy atom. The first-order valence-electron chi connectivity index (χ1n) is 5.63. The number of nitrogens with zero attached hydrogens (tertiary/aromatic N) is 1. The number of benzene rings is 1. The first-order valence-corrected chi connectivity index (χ1v) is 5.63. The fraction of sp³-hybridized carbons (Fsp3) is 0.308. The van der Waals surface area contributed by atoms with Crippen molar-refractivity contribution in [2.75, 3.05) is 13.2 Å². The number of rotatable bonds is 3. The van der Waals surface area contributed by atoms with Crippen molar-refractivity contribution in [2.24, 2.45) is 5.73 Å². The third-order valence-corrected chi connectivity index (χ3v) is 2.93. The van der Waals surface area contributed by atoms with Crippen LogP contribution in [0.25, 0.3) is 11.3 Å². The summed E-state index contributed by atoms with van der Waals surface area (Å²) in [6.07, 6.45) is 0.698. The van der Waals surface area contributed by atoms with E-state index in [1.807, 2.05) is 36.4 Å². The van der Waals surface area contributed by atoms with E-state index in [1.54, 1.807) is 0 Å². The molecule has 2 heterocycles. The van der Waals surface area contributed by atoms with Crippen molar-refractivity contribution >= 4 is 0 Å². The number of hydrogen-bond donors (Lipinski definition) is 1. The van der Waals surface area contributed by atoms with Crippen LogP contribution < -0.4 is 5.73 Å². The average molecular weight is 230 g/mol. The summed E-state index contributed by atoms with van der Waals surface area (Å²) in [6.45, 7) is 1.20. The molecule has 0 saturated carbocycles. The molecule has 0 bridgehead atoms. The number of hydrogen-bond acceptors (Lipinski definition) is 4. The summed E-state index contributed by atoms with van der Waals surface area (Å²) in [5.41, 5.74) is 7.73. The van der Waals surface area contributed by atoms with E-state index in [9.17, 15) is 0 Å². The predicted octanol–water partition coefficient (Wildman–Crippen LogP) is 1.61. The highest BCUT2D eigenvalue weighted by atomic mass is 16.5. The SMILES string of the molecule is NC1(Cc2cc(-c3ccccc3)on2)COC1. The van der Waals surface area contributed by atoms with Crippen LogP contribution in [0.5, 0.6) is 0 Å². The van der Waals surface area contributed by atoms with Crippen LogP contribution in [0.4, 0.5) is 0 Å². The molecule has 2 aromatic rings. The highest BCUT2D eigenvalue weighted by molar-refractivity contribution is 5.56. The topological polar surface area (TPSA) is 61.3 Å². The van der Waals surface area contributed by atoms with Gasteiger partial charge in [0, 0.05) is 18.1 Å². The highest BCUT2D eigenvalue weighted by Crippen LogP contribution is 2.23. The van der Waals surface area contributed by atoms with E-state index in [0.29, 0.717) is 19.6 Å². The van der Waals surface area contributed by atoms with Crippen LogP contribution in [0.2, 0.25) is 0 Å². The van der Waals surface area contributed by atoms with Gasteiger partial charge in [0.05, 0.1) is 24.4 Å². The smallest absolute Gasteiger partial charge is 0.167 e. The molecule has 1 aromatic heterocycles. The van der Waals surface area contributed by atoms with Crippen LogP contribution in [-0.2, 0) is 11.2 Å². The van der Waals surface area contributed by atoms with Crippen molar-refractivity contribution in [2.45, 2.75) is 12.0 Å². The maximum Gasteiger partial charge on any atom is 0.167 e. The van der Waals surface area contributed by atoms with Gasteiger partial charge in [-0.25, -0.2) is 0 Å². The molecule has 2 N–H and O–H groups in total. The van der Waals surface area contributed by atoms with Crippen LogP contribution in [0, 0.1) is 0 Å². The lowest BCUT2D eigenvalue weighted by Gasteiger charge is -2.37. The summed E-state index contributed by atoms with van der Waals surface area (Å²) in [4.78, 5) is 0. The van der Waals surface area contributed by atoms with Crippen molar-refractivity contribution in [1.82, 2.24) is 5.16 Å². The second-order valence-electron chi connectivity index (χ2n) is 4.58. The third-order valence-electron chi connectivity index (χ3n) is 2.93. The van der Waals surface area contributed by atoms with E-state index in [2.05, 4.69) is 5.16 Å². The Morgan fingerprint density at radius 2 is 2.00 bits per heavy atom. The highest BCUT2D eigenvalue weighted by Gasteiger charge is 2.35. The molecule has 88 valence electrons. The van der Waals surface area contributed by atoms with Gasteiger partial charge < -0.3 is 15.0 Å². The molecular weight excluding hydrogens is 216 g/mol. The Labute approximate surface area is 99.4 Å². The van der Waals surface area contributed by atoms with Gasteiger partial charge in [-0.3, -0.25) is 0 Å². The summed E-state index contributed by atoms with van der Waals surface area (Å²) >= 11 is 0. The molecule has 0 spiro atoms. The average Bonchev–Trinajstić information content (AvgIpc) is 2.77. The summed E-state index contributed by atoms with van der Waals surface area (Å²) < 4.78 is 10.4. The van der Waals surface area contributed by atoms with E-state index < -0.39 is 0 Å². The van der Waals surface area contributed by atoms with Crippen LogP contribution in [0.1, 0.15) is 5.69 Å². The molecule has 4 nitrogen and oxygen atoms in total. The molecule has 1 fully saturated rings. The van der Waals surface area contributed by atoms with E-state index >= 15 is 0 Å². The molecular formula is C13H14N2O2. The molecule has 17 heavy (non-hydrogen) atoms. The van der Waals surface area contributed by atoms with E-state index in [1.165, 1.54) is 0 Å². The van der Waals surface area contributed by atoms with E-state index in [4.69, 9.17) is 15.0 Å². The van der Waals surface area contributed by atoms with Gasteiger partial charge in [0.1, 0.15) is 0 Å². The lowest BCUT2D eigenvalue weighted by Crippen LogP contribution is -2.58. The normalized spacial score (nSPS) is 17.7. The monoisotopic (exact) mass is 230 g/mol. The fourth-order valence-electron chi connectivity index (χ4n) is 1.96. The number of ether oxygens (including phenoxy) is 1.